The van der Waals surface area contributed by atoms with Gasteiger partial charge in [0, 0.05) is 18.5 Å². The summed E-state index contributed by atoms with van der Waals surface area (Å²) < 4.78 is 26.8. The van der Waals surface area contributed by atoms with Crippen LogP contribution in [0.3, 0.4) is 0 Å². The Bertz CT molecular complexity index is 723. The van der Waals surface area contributed by atoms with Crippen LogP contribution in [0.15, 0.2) is 17.1 Å². The van der Waals surface area contributed by atoms with E-state index in [9.17, 15) is 13.6 Å². The molecule has 2 heterocycles. The molecule has 0 atom stereocenters. The average molecular weight is 249 g/mol. The molecule has 0 unspecified atom stereocenters. The van der Waals surface area contributed by atoms with E-state index in [0.29, 0.717) is 12.4 Å². The molecule has 2 aromatic rings. The number of aromatic amines is 1. The van der Waals surface area contributed by atoms with Crippen molar-refractivity contribution < 1.29 is 8.78 Å². The van der Waals surface area contributed by atoms with E-state index in [1.165, 1.54) is 19.2 Å². The summed E-state index contributed by atoms with van der Waals surface area (Å²) in [6.45, 7) is 2.05. The fourth-order valence-electron chi connectivity index (χ4n) is 2.04. The van der Waals surface area contributed by atoms with Gasteiger partial charge < -0.3 is 4.98 Å². The number of H-pyrrole nitrogens is 1. The summed E-state index contributed by atoms with van der Waals surface area (Å²) in [7, 11) is 0. The molecule has 0 bridgehead atoms. The van der Waals surface area contributed by atoms with Gasteiger partial charge in [-0.2, -0.15) is 5.26 Å². The third-order valence-corrected chi connectivity index (χ3v) is 2.72. The van der Waals surface area contributed by atoms with Gasteiger partial charge in [-0.05, 0) is 18.6 Å². The lowest BCUT2D eigenvalue weighted by Crippen LogP contribution is -2.24. The lowest BCUT2D eigenvalue weighted by molar-refractivity contribution is 0.0155. The summed E-state index contributed by atoms with van der Waals surface area (Å²) in [6.07, 6.45) is 1.35. The molecule has 0 spiro atoms. The second kappa shape index (κ2) is 3.88. The fraction of sp³-hybridized carbons (Fsp3) is 0.250. The van der Waals surface area contributed by atoms with Crippen molar-refractivity contribution in [3.63, 3.8) is 0 Å². The predicted molar refractivity (Wildman–Crippen MR) is 61.4 cm³/mol. The molecule has 18 heavy (non-hydrogen) atoms. The number of nitrogens with one attached hydrogen (secondary N) is 1. The summed E-state index contributed by atoms with van der Waals surface area (Å²) in [5.41, 5.74) is -1.03. The van der Waals surface area contributed by atoms with Crippen molar-refractivity contribution >= 4 is 10.9 Å². The minimum Gasteiger partial charge on any atom is -0.321 e. The molecule has 92 valence electrons. The lowest BCUT2D eigenvalue weighted by atomic mass is 10.0. The van der Waals surface area contributed by atoms with Crippen molar-refractivity contribution in [1.29, 1.82) is 5.26 Å². The molecule has 0 aliphatic carbocycles. The Morgan fingerprint density at radius 3 is 2.72 bits per heavy atom. The van der Waals surface area contributed by atoms with E-state index in [2.05, 4.69) is 9.97 Å². The number of aromatic nitrogens is 2. The standard InChI is InChI=1S/C12H9F2N3O/c1-6-9-7(3-4-16-8(9)5-15)17-11(18)10(6)12(2,13)14/h3-4H,1-2H3,(H,17,18). The normalized spacial score (nSPS) is 11.5. The highest BCUT2D eigenvalue weighted by Gasteiger charge is 2.31. The van der Waals surface area contributed by atoms with Crippen LogP contribution in [0, 0.1) is 18.3 Å². The number of fused-ring (bicyclic) bond motifs is 1. The molecule has 0 saturated heterocycles. The molecule has 0 saturated carbocycles. The first-order chi connectivity index (χ1) is 8.36. The first-order valence-corrected chi connectivity index (χ1v) is 5.16. The molecule has 0 aromatic carbocycles. The van der Waals surface area contributed by atoms with Gasteiger partial charge in [0.1, 0.15) is 11.8 Å². The van der Waals surface area contributed by atoms with Gasteiger partial charge in [0.15, 0.2) is 0 Å². The Morgan fingerprint density at radius 1 is 1.50 bits per heavy atom. The topological polar surface area (TPSA) is 69.5 Å². The Labute approximate surface area is 101 Å². The lowest BCUT2D eigenvalue weighted by Gasteiger charge is -2.14. The van der Waals surface area contributed by atoms with E-state index in [1.807, 2.05) is 6.07 Å². The van der Waals surface area contributed by atoms with Crippen LogP contribution < -0.4 is 5.56 Å². The van der Waals surface area contributed by atoms with E-state index in [1.54, 1.807) is 0 Å². The van der Waals surface area contributed by atoms with E-state index < -0.39 is 17.0 Å². The summed E-state index contributed by atoms with van der Waals surface area (Å²) in [5, 5.41) is 9.19. The molecule has 0 amide bonds. The van der Waals surface area contributed by atoms with Crippen molar-refractivity contribution in [2.75, 3.05) is 0 Å². The van der Waals surface area contributed by atoms with Gasteiger partial charge in [-0.3, -0.25) is 4.79 Å². The smallest absolute Gasteiger partial charge is 0.276 e. The summed E-state index contributed by atoms with van der Waals surface area (Å²) in [5.74, 6) is -3.27. The van der Waals surface area contributed by atoms with E-state index in [-0.39, 0.29) is 16.6 Å². The summed E-state index contributed by atoms with van der Waals surface area (Å²) in [4.78, 5) is 17.8. The highest BCUT2D eigenvalue weighted by atomic mass is 19.3. The Kier molecular flexibility index (Phi) is 2.62. The van der Waals surface area contributed by atoms with Crippen molar-refractivity contribution in [1.82, 2.24) is 9.97 Å². The molecular weight excluding hydrogens is 240 g/mol. The SMILES string of the molecule is Cc1c(C(C)(F)F)c(=O)[nH]c2ccnc(C#N)c12. The highest BCUT2D eigenvalue weighted by Crippen LogP contribution is 2.30. The number of rotatable bonds is 1. The van der Waals surface area contributed by atoms with Gasteiger partial charge in [-0.1, -0.05) is 0 Å². The molecule has 6 heteroatoms. The van der Waals surface area contributed by atoms with E-state index in [0.717, 1.165) is 0 Å². The van der Waals surface area contributed by atoms with Gasteiger partial charge in [0.05, 0.1) is 11.1 Å². The van der Waals surface area contributed by atoms with E-state index >= 15 is 0 Å². The molecule has 0 radical (unpaired) electrons. The monoisotopic (exact) mass is 249 g/mol. The Hall–Kier alpha value is -2.29. The van der Waals surface area contributed by atoms with Crippen LogP contribution >= 0.6 is 0 Å². The summed E-state index contributed by atoms with van der Waals surface area (Å²) in [6, 6.07) is 3.31. The molecular formula is C12H9F2N3O. The third kappa shape index (κ3) is 1.74. The van der Waals surface area contributed by atoms with Gasteiger partial charge in [0.25, 0.3) is 11.5 Å². The van der Waals surface area contributed by atoms with Gasteiger partial charge >= 0.3 is 0 Å². The number of alkyl halides is 2. The number of nitrogens with zero attached hydrogens (tertiary/aromatic N) is 2. The molecule has 4 nitrogen and oxygen atoms in total. The quantitative estimate of drug-likeness (QED) is 0.842. The first kappa shape index (κ1) is 12.2. The first-order valence-electron chi connectivity index (χ1n) is 5.16. The Balaban J connectivity index is 3.02. The molecule has 0 aliphatic rings. The maximum atomic E-state index is 13.4. The maximum Gasteiger partial charge on any atom is 0.276 e. The molecule has 1 N–H and O–H groups in total. The number of aryl methyl sites for hydroxylation is 1. The van der Waals surface area contributed by atoms with Gasteiger partial charge in [-0.15, -0.1) is 0 Å². The minimum atomic E-state index is -3.27. The molecule has 0 fully saturated rings. The van der Waals surface area contributed by atoms with Crippen LogP contribution in [0.5, 0.6) is 0 Å². The second-order valence-corrected chi connectivity index (χ2v) is 4.04. The van der Waals surface area contributed by atoms with Crippen LogP contribution in [0.4, 0.5) is 8.78 Å². The fourth-order valence-corrected chi connectivity index (χ4v) is 2.04. The number of pyridine rings is 2. The molecule has 2 aromatic heterocycles. The number of hydrogen-bond acceptors (Lipinski definition) is 3. The van der Waals surface area contributed by atoms with Crippen molar-refractivity contribution in [2.45, 2.75) is 19.8 Å². The average Bonchev–Trinajstić information content (AvgIpc) is 2.25. The van der Waals surface area contributed by atoms with Crippen molar-refractivity contribution in [3.05, 3.63) is 39.4 Å². The molecule has 0 aliphatic heterocycles. The zero-order valence-electron chi connectivity index (χ0n) is 9.71. The highest BCUT2D eigenvalue weighted by molar-refractivity contribution is 5.87. The van der Waals surface area contributed by atoms with Crippen LogP contribution in [0.25, 0.3) is 10.9 Å². The van der Waals surface area contributed by atoms with Crippen molar-refractivity contribution in [3.8, 4) is 6.07 Å². The van der Waals surface area contributed by atoms with Gasteiger partial charge in [-0.25, -0.2) is 13.8 Å². The zero-order chi connectivity index (χ0) is 13.5. The van der Waals surface area contributed by atoms with Crippen LogP contribution in [-0.4, -0.2) is 9.97 Å². The van der Waals surface area contributed by atoms with Crippen molar-refractivity contribution in [2.24, 2.45) is 0 Å². The van der Waals surface area contributed by atoms with Crippen LogP contribution in [0.1, 0.15) is 23.7 Å². The van der Waals surface area contributed by atoms with Crippen LogP contribution in [-0.2, 0) is 5.92 Å². The van der Waals surface area contributed by atoms with Crippen LogP contribution in [0.2, 0.25) is 0 Å². The number of hydrogen-bond donors (Lipinski definition) is 1. The van der Waals surface area contributed by atoms with E-state index in [4.69, 9.17) is 5.26 Å². The second-order valence-electron chi connectivity index (χ2n) is 4.04. The predicted octanol–water partition coefficient (Wildman–Crippen LogP) is 2.21. The minimum absolute atomic E-state index is 0.0201. The van der Waals surface area contributed by atoms with Gasteiger partial charge in [0.2, 0.25) is 0 Å². The molecule has 2 rings (SSSR count). The summed E-state index contributed by atoms with van der Waals surface area (Å²) >= 11 is 0. The number of halogens is 2. The largest absolute Gasteiger partial charge is 0.321 e. The Morgan fingerprint density at radius 2 is 2.17 bits per heavy atom. The third-order valence-electron chi connectivity index (χ3n) is 2.72. The number of nitriles is 1. The zero-order valence-corrected chi connectivity index (χ0v) is 9.71. The maximum absolute atomic E-state index is 13.4.